The first kappa shape index (κ1) is 13.6. The molecule has 0 aromatic carbocycles. The smallest absolute Gasteiger partial charge is 0.154 e. The van der Waals surface area contributed by atoms with Crippen LogP contribution >= 0.6 is 11.3 Å². The van der Waals surface area contributed by atoms with E-state index in [1.807, 2.05) is 19.1 Å². The molecule has 1 aromatic rings. The van der Waals surface area contributed by atoms with Crippen molar-refractivity contribution in [1.82, 2.24) is 5.43 Å². The van der Waals surface area contributed by atoms with Gasteiger partial charge in [-0.2, -0.15) is 0 Å². The quantitative estimate of drug-likeness (QED) is 0.635. The number of hydrogen-bond acceptors (Lipinski definition) is 5. The molecule has 16 heavy (non-hydrogen) atoms. The zero-order chi connectivity index (χ0) is 12.6. The first-order valence-corrected chi connectivity index (χ1v) is 7.63. The summed E-state index contributed by atoms with van der Waals surface area (Å²) in [6.45, 7) is 5.35. The van der Waals surface area contributed by atoms with Gasteiger partial charge in [-0.25, -0.2) is 8.42 Å². The van der Waals surface area contributed by atoms with E-state index < -0.39 is 14.6 Å². The maximum absolute atomic E-state index is 11.7. The van der Waals surface area contributed by atoms with Crippen molar-refractivity contribution in [1.29, 1.82) is 0 Å². The van der Waals surface area contributed by atoms with E-state index in [9.17, 15) is 8.42 Å². The third kappa shape index (κ3) is 2.45. The van der Waals surface area contributed by atoms with Crippen molar-refractivity contribution < 1.29 is 8.42 Å². The van der Waals surface area contributed by atoms with Gasteiger partial charge in [-0.3, -0.25) is 11.3 Å². The minimum absolute atomic E-state index is 0.388. The molecule has 3 N–H and O–H groups in total. The number of hydrazine groups is 1. The second-order valence-electron chi connectivity index (χ2n) is 4.42. The standard InChI is InChI=1S/C10H18N2O2S2/c1-7-5-6-8(15-7)9(12-11)10(2,3)16(4,13)14/h5-6,9,12H,11H2,1-4H3. The summed E-state index contributed by atoms with van der Waals surface area (Å²) in [7, 11) is -3.19. The highest BCUT2D eigenvalue weighted by atomic mass is 32.2. The topological polar surface area (TPSA) is 72.2 Å². The Morgan fingerprint density at radius 1 is 1.44 bits per heavy atom. The molecule has 1 unspecified atom stereocenters. The second-order valence-corrected chi connectivity index (χ2v) is 8.34. The molecular formula is C10H18N2O2S2. The van der Waals surface area contributed by atoms with E-state index in [0.717, 1.165) is 9.75 Å². The Kier molecular flexibility index (Phi) is 3.79. The van der Waals surface area contributed by atoms with E-state index in [2.05, 4.69) is 5.43 Å². The lowest BCUT2D eigenvalue weighted by Crippen LogP contribution is -2.47. The van der Waals surface area contributed by atoms with Gasteiger partial charge in [0.25, 0.3) is 0 Å². The number of nitrogens with one attached hydrogen (secondary N) is 1. The van der Waals surface area contributed by atoms with Gasteiger partial charge < -0.3 is 0 Å². The molecule has 0 radical (unpaired) electrons. The molecule has 1 heterocycles. The molecule has 0 aliphatic carbocycles. The third-order valence-electron chi connectivity index (χ3n) is 2.86. The predicted octanol–water partition coefficient (Wildman–Crippen LogP) is 1.38. The molecule has 0 aliphatic rings. The Morgan fingerprint density at radius 3 is 2.31 bits per heavy atom. The molecule has 6 heteroatoms. The van der Waals surface area contributed by atoms with Crippen molar-refractivity contribution in [2.45, 2.75) is 31.6 Å². The van der Waals surface area contributed by atoms with E-state index in [-0.39, 0.29) is 6.04 Å². The summed E-state index contributed by atoms with van der Waals surface area (Å²) < 4.78 is 22.6. The molecule has 0 bridgehead atoms. The van der Waals surface area contributed by atoms with Gasteiger partial charge in [-0.05, 0) is 32.9 Å². The average Bonchev–Trinajstić information content (AvgIpc) is 2.50. The molecule has 0 spiro atoms. The summed E-state index contributed by atoms with van der Waals surface area (Å²) in [6.07, 6.45) is 1.23. The highest BCUT2D eigenvalue weighted by Gasteiger charge is 2.40. The minimum Gasteiger partial charge on any atom is -0.271 e. The zero-order valence-electron chi connectivity index (χ0n) is 9.94. The number of hydrogen-bond donors (Lipinski definition) is 2. The van der Waals surface area contributed by atoms with Gasteiger partial charge in [-0.15, -0.1) is 11.3 Å². The Labute approximate surface area is 101 Å². The Balaban J connectivity index is 3.18. The van der Waals surface area contributed by atoms with Crippen molar-refractivity contribution in [3.8, 4) is 0 Å². The van der Waals surface area contributed by atoms with Gasteiger partial charge in [-0.1, -0.05) is 0 Å². The number of aryl methyl sites for hydroxylation is 1. The molecule has 1 aromatic heterocycles. The third-order valence-corrected chi connectivity index (χ3v) is 6.08. The highest BCUT2D eigenvalue weighted by Crippen LogP contribution is 2.34. The molecule has 0 saturated heterocycles. The first-order valence-electron chi connectivity index (χ1n) is 4.92. The van der Waals surface area contributed by atoms with Gasteiger partial charge in [0, 0.05) is 16.0 Å². The van der Waals surface area contributed by atoms with E-state index in [1.54, 1.807) is 25.2 Å². The van der Waals surface area contributed by atoms with E-state index in [4.69, 9.17) is 5.84 Å². The monoisotopic (exact) mass is 262 g/mol. The van der Waals surface area contributed by atoms with Gasteiger partial charge in [0.2, 0.25) is 0 Å². The van der Waals surface area contributed by atoms with Gasteiger partial charge >= 0.3 is 0 Å². The molecule has 1 atom stereocenters. The lowest BCUT2D eigenvalue weighted by molar-refractivity contribution is 0.433. The van der Waals surface area contributed by atoms with Crippen LogP contribution in [0.2, 0.25) is 0 Å². The molecule has 0 fully saturated rings. The highest BCUT2D eigenvalue weighted by molar-refractivity contribution is 7.92. The summed E-state index contributed by atoms with van der Waals surface area (Å²) >= 11 is 1.56. The maximum Gasteiger partial charge on any atom is 0.154 e. The molecule has 0 amide bonds. The number of sulfone groups is 1. The van der Waals surface area contributed by atoms with Crippen LogP contribution in [-0.4, -0.2) is 19.4 Å². The van der Waals surface area contributed by atoms with Crippen LogP contribution in [0, 0.1) is 6.92 Å². The average molecular weight is 262 g/mol. The van der Waals surface area contributed by atoms with Gasteiger partial charge in [0.15, 0.2) is 9.84 Å². The van der Waals surface area contributed by atoms with Crippen LogP contribution in [0.1, 0.15) is 29.6 Å². The second kappa shape index (κ2) is 4.44. The van der Waals surface area contributed by atoms with Crippen LogP contribution in [0.5, 0.6) is 0 Å². The van der Waals surface area contributed by atoms with Crippen LogP contribution in [0.4, 0.5) is 0 Å². The predicted molar refractivity (Wildman–Crippen MR) is 68.0 cm³/mol. The van der Waals surface area contributed by atoms with Crippen molar-refractivity contribution >= 4 is 21.2 Å². The Bertz CT molecular complexity index is 463. The van der Waals surface area contributed by atoms with Crippen LogP contribution in [0.3, 0.4) is 0 Å². The SMILES string of the molecule is Cc1ccc(C(NN)C(C)(C)S(C)(=O)=O)s1. The van der Waals surface area contributed by atoms with Gasteiger partial charge in [0.05, 0.1) is 10.8 Å². The largest absolute Gasteiger partial charge is 0.271 e. The van der Waals surface area contributed by atoms with Crippen LogP contribution in [0.25, 0.3) is 0 Å². The number of thiophene rings is 1. The van der Waals surface area contributed by atoms with E-state index in [1.165, 1.54) is 6.26 Å². The lowest BCUT2D eigenvalue weighted by Gasteiger charge is -2.31. The zero-order valence-corrected chi connectivity index (χ0v) is 11.6. The summed E-state index contributed by atoms with van der Waals surface area (Å²) in [5.74, 6) is 5.49. The molecular weight excluding hydrogens is 244 g/mol. The molecule has 0 aliphatic heterocycles. The summed E-state index contributed by atoms with van der Waals surface area (Å²) in [6, 6.07) is 3.49. The normalized spacial score (nSPS) is 15.1. The fourth-order valence-electron chi connectivity index (χ4n) is 1.45. The van der Waals surface area contributed by atoms with Gasteiger partial charge in [0.1, 0.15) is 0 Å². The Morgan fingerprint density at radius 2 is 2.00 bits per heavy atom. The molecule has 0 saturated carbocycles. The molecule has 4 nitrogen and oxygen atoms in total. The van der Waals surface area contributed by atoms with E-state index in [0.29, 0.717) is 0 Å². The van der Waals surface area contributed by atoms with Crippen molar-refractivity contribution in [2.24, 2.45) is 5.84 Å². The van der Waals surface area contributed by atoms with Crippen LogP contribution in [-0.2, 0) is 9.84 Å². The Hall–Kier alpha value is -0.430. The van der Waals surface area contributed by atoms with Crippen LogP contribution < -0.4 is 11.3 Å². The fraction of sp³-hybridized carbons (Fsp3) is 0.600. The summed E-state index contributed by atoms with van der Waals surface area (Å²) in [4.78, 5) is 2.08. The lowest BCUT2D eigenvalue weighted by atomic mass is 10.0. The van der Waals surface area contributed by atoms with Crippen molar-refractivity contribution in [3.63, 3.8) is 0 Å². The molecule has 92 valence electrons. The van der Waals surface area contributed by atoms with Crippen LogP contribution in [0.15, 0.2) is 12.1 Å². The fourth-order valence-corrected chi connectivity index (χ4v) is 3.27. The van der Waals surface area contributed by atoms with Crippen molar-refractivity contribution in [2.75, 3.05) is 6.26 Å². The maximum atomic E-state index is 11.7. The van der Waals surface area contributed by atoms with E-state index >= 15 is 0 Å². The van der Waals surface area contributed by atoms with Crippen molar-refractivity contribution in [3.05, 3.63) is 21.9 Å². The summed E-state index contributed by atoms with van der Waals surface area (Å²) in [5.41, 5.74) is 2.61. The molecule has 1 rings (SSSR count). The number of rotatable bonds is 4. The minimum atomic E-state index is -3.19. The number of nitrogens with two attached hydrogens (primary N) is 1. The first-order chi connectivity index (χ1) is 7.20. The summed E-state index contributed by atoms with van der Waals surface area (Å²) in [5, 5.41) is 0.